The van der Waals surface area contributed by atoms with Gasteiger partial charge in [0.1, 0.15) is 54.4 Å². The van der Waals surface area contributed by atoms with Gasteiger partial charge in [-0.05, 0) is 92.8 Å². The number of nitrogens with one attached hydrogen (secondary N) is 2. The van der Waals surface area contributed by atoms with Crippen molar-refractivity contribution in [2.24, 2.45) is 46.6 Å². The van der Waals surface area contributed by atoms with Crippen LogP contribution in [0, 0.1) is 47.2 Å². The number of hydrogen-bond acceptors (Lipinski definition) is 22. The third-order valence-electron chi connectivity index (χ3n) is 17.2. The predicted molar refractivity (Wildman–Crippen MR) is 316 cm³/mol. The Labute approximate surface area is 514 Å². The zero-order chi connectivity index (χ0) is 65.2. The number of carbonyl (C=O) groups excluding carboxylic acids is 4. The summed E-state index contributed by atoms with van der Waals surface area (Å²) in [4.78, 5) is 66.9. The van der Waals surface area contributed by atoms with Crippen LogP contribution in [0.5, 0.6) is 0 Å². The van der Waals surface area contributed by atoms with Gasteiger partial charge in [0.05, 0.1) is 60.2 Å². The van der Waals surface area contributed by atoms with Crippen molar-refractivity contribution in [2.45, 2.75) is 238 Å². The summed E-state index contributed by atoms with van der Waals surface area (Å²) < 4.78 is 114. The summed E-state index contributed by atoms with van der Waals surface area (Å²) in [5.74, 6) is -9.35. The Kier molecular flexibility index (Phi) is 27.0. The van der Waals surface area contributed by atoms with E-state index in [4.69, 9.17) is 56.9 Å². The van der Waals surface area contributed by atoms with Crippen LogP contribution < -0.4 is 10.0 Å². The predicted octanol–water partition coefficient (Wildman–Crippen LogP) is 5.90. The van der Waals surface area contributed by atoms with Crippen LogP contribution in [-0.2, 0) is 81.3 Å². The monoisotopic (exact) mass is 1260 g/mol. The van der Waals surface area contributed by atoms with Crippen molar-refractivity contribution in [1.29, 1.82) is 0 Å². The highest BCUT2D eigenvalue weighted by Crippen LogP contribution is 2.41. The maximum absolute atomic E-state index is 16.0. The van der Waals surface area contributed by atoms with E-state index in [1.807, 2.05) is 34.7 Å². The van der Waals surface area contributed by atoms with Crippen LogP contribution in [0.4, 0.5) is 9.18 Å². The van der Waals surface area contributed by atoms with Gasteiger partial charge in [-0.15, -0.1) is 0 Å². The fourth-order valence-electron chi connectivity index (χ4n) is 12.3. The summed E-state index contributed by atoms with van der Waals surface area (Å²) in [6, 6.07) is 4.78. The molecule has 4 aliphatic rings. The van der Waals surface area contributed by atoms with Gasteiger partial charge < -0.3 is 77.4 Å². The minimum Gasteiger partial charge on any atom is -0.461 e. The molecule has 0 radical (unpaired) electrons. The van der Waals surface area contributed by atoms with Gasteiger partial charge in [0.25, 0.3) is 0 Å². The molecule has 22 atom stereocenters. The molecule has 498 valence electrons. The van der Waals surface area contributed by atoms with E-state index in [0.29, 0.717) is 13.0 Å². The van der Waals surface area contributed by atoms with Crippen molar-refractivity contribution in [3.05, 3.63) is 30.1 Å². The normalized spacial score (nSPS) is 37.3. The molecule has 1 amide bonds. The molecule has 0 spiro atoms. The lowest BCUT2D eigenvalue weighted by Crippen LogP contribution is -2.59. The van der Waals surface area contributed by atoms with Gasteiger partial charge in [0, 0.05) is 70.4 Å². The topological polar surface area (TPSA) is 293 Å². The minimum absolute atomic E-state index is 0.0422. The van der Waals surface area contributed by atoms with E-state index in [9.17, 15) is 32.6 Å². The second kappa shape index (κ2) is 31.8. The van der Waals surface area contributed by atoms with E-state index in [-0.39, 0.29) is 49.6 Å². The number of amides is 1. The molecule has 1 aromatic rings. The third-order valence-corrected chi connectivity index (χ3v) is 18.6. The Balaban J connectivity index is 1.71. The molecule has 4 aliphatic heterocycles. The van der Waals surface area contributed by atoms with Crippen molar-refractivity contribution in [3.8, 4) is 0 Å². The fourth-order valence-corrected chi connectivity index (χ4v) is 13.6. The van der Waals surface area contributed by atoms with E-state index < -0.39 is 178 Å². The van der Waals surface area contributed by atoms with Gasteiger partial charge in [0.2, 0.25) is 10.0 Å². The van der Waals surface area contributed by atoms with Crippen molar-refractivity contribution in [3.63, 3.8) is 0 Å². The number of nitrogens with zero attached hydrogens (tertiary/aromatic N) is 2. The summed E-state index contributed by atoms with van der Waals surface area (Å²) in [7, 11) is 1.75. The highest BCUT2D eigenvalue weighted by atomic mass is 32.2. The van der Waals surface area contributed by atoms with E-state index in [1.54, 1.807) is 48.5 Å². The highest BCUT2D eigenvalue weighted by molar-refractivity contribution is 7.89. The standard InChI is InChI=1S/C61H101FN4O20S/c1-31(2)24-45(67)82-51-38(9)50(33(4)29-78-58-54(76-18)53(75-17)47(68)41(12)81-58)84-56(71)40(11)52(83-46-25-34(5)66(16)28-36(7)79-46)37(8)49(85-57-48(69)43(65-77-19)26-35(6)80-57)32(3)27-61(15,55(70)39(51)10)86-59(72)64-60(13,14)30-63-87(73,74)44-23-21-20-22-42(44)62/h20-23,31-41,46-54,57-58,63,68-69H,24-30H2,1-19H3,(H,64,72)/b65-43+/t32-,33?,34?,35+,36-,37+,38-,39+,40+,41+,46-,47+,48+,49-,50+,51+,52-,53+,54+,57-,58+,61-/m0/s1. The molecule has 1 aromatic carbocycles. The van der Waals surface area contributed by atoms with E-state index in [2.05, 4.69) is 20.1 Å². The number of methoxy groups -OCH3 is 2. The number of halogens is 1. The van der Waals surface area contributed by atoms with Crippen LogP contribution in [0.1, 0.15) is 130 Å². The van der Waals surface area contributed by atoms with Crippen molar-refractivity contribution in [2.75, 3.05) is 48.1 Å². The summed E-state index contributed by atoms with van der Waals surface area (Å²) in [5.41, 5.74) is -3.39. The van der Waals surface area contributed by atoms with Gasteiger partial charge in [-0.2, -0.15) is 0 Å². The largest absolute Gasteiger partial charge is 0.461 e. The molecule has 4 N–H and O–H groups in total. The number of ketones is 1. The molecule has 87 heavy (non-hydrogen) atoms. The first-order valence-electron chi connectivity index (χ1n) is 30.4. The number of cyclic esters (lactones) is 1. The molecule has 4 saturated heterocycles. The minimum atomic E-state index is -4.44. The van der Waals surface area contributed by atoms with Gasteiger partial charge in [-0.1, -0.05) is 65.8 Å². The van der Waals surface area contributed by atoms with Crippen LogP contribution in [0.25, 0.3) is 0 Å². The number of sulfonamides is 1. The van der Waals surface area contributed by atoms with Gasteiger partial charge in [0.15, 0.2) is 30.3 Å². The van der Waals surface area contributed by atoms with Gasteiger partial charge >= 0.3 is 18.0 Å². The summed E-state index contributed by atoms with van der Waals surface area (Å²) >= 11 is 0. The molecule has 0 aliphatic carbocycles. The average molecular weight is 1260 g/mol. The first-order chi connectivity index (χ1) is 40.6. The van der Waals surface area contributed by atoms with Crippen molar-refractivity contribution in [1.82, 2.24) is 14.9 Å². The Morgan fingerprint density at radius 3 is 2.14 bits per heavy atom. The maximum atomic E-state index is 16.0. The SMILES string of the molecule is CO/N=C1\C[C@@H](C)O[C@@H](O[C@@H]2[C@@H](C)[C@H](O[C@H]3CC(C)N(C)C[C@H](C)O3)[C@@H](C)C(=O)O[C@H](C(C)CO[C@@H]3O[C@H](C)[C@@H](O)[C@@H](OC)[C@H]3OC)[C@H](C)[C@@H](OC(=O)CC(C)C)[C@@H](C)C(=O)[C@@](C)(OC(=O)NC(C)(C)CNS(=O)(=O)c3ccccc3F)C[C@@H]2C)[C@@H]1O. The number of alkyl carbamates (subject to hydrolysis) is 1. The third kappa shape index (κ3) is 19.3. The Morgan fingerprint density at radius 2 is 1.52 bits per heavy atom. The van der Waals surface area contributed by atoms with E-state index in [1.165, 1.54) is 61.2 Å². The summed E-state index contributed by atoms with van der Waals surface area (Å²) in [6.07, 6.45) is -15.1. The molecule has 5 rings (SSSR count). The lowest BCUT2D eigenvalue weighted by atomic mass is 9.74. The molecule has 0 bridgehead atoms. The maximum Gasteiger partial charge on any atom is 0.408 e. The number of carbonyl (C=O) groups is 4. The number of aliphatic hydroxyl groups excluding tert-OH is 2. The van der Waals surface area contributed by atoms with Crippen molar-refractivity contribution < 1.29 is 99.1 Å². The first-order valence-corrected chi connectivity index (χ1v) is 31.9. The number of esters is 2. The molecule has 4 fully saturated rings. The van der Waals surface area contributed by atoms with Crippen molar-refractivity contribution >= 4 is 39.6 Å². The zero-order valence-corrected chi connectivity index (χ0v) is 55.2. The molecular formula is C61H101FN4O20S. The quantitative estimate of drug-likeness (QED) is 0.0671. The van der Waals surface area contributed by atoms with Crippen LogP contribution in [0.3, 0.4) is 0 Å². The van der Waals surface area contributed by atoms with E-state index in [0.717, 1.165) is 12.1 Å². The summed E-state index contributed by atoms with van der Waals surface area (Å²) in [6.45, 7) is 25.6. The number of Topliss-reactive ketones (excluding diaryl/α,β-unsaturated/α-hetero) is 1. The Hall–Kier alpha value is -4.03. The second-order valence-corrected chi connectivity index (χ2v) is 27.7. The fraction of sp³-hybridized carbons (Fsp3) is 0.820. The lowest BCUT2D eigenvalue weighted by molar-refractivity contribution is -0.305. The van der Waals surface area contributed by atoms with Crippen LogP contribution >= 0.6 is 0 Å². The Bertz CT molecular complexity index is 2570. The molecule has 24 nitrogen and oxygen atoms in total. The van der Waals surface area contributed by atoms with Crippen LogP contribution in [0.2, 0.25) is 0 Å². The molecule has 4 heterocycles. The van der Waals surface area contributed by atoms with Crippen LogP contribution in [-0.4, -0.2) is 204 Å². The Morgan fingerprint density at radius 1 is 0.862 bits per heavy atom. The molecular weight excluding hydrogens is 1160 g/mol. The number of ether oxygens (including phenoxy) is 11. The number of likely N-dealkylation sites (N-methyl/N-ethyl adjacent to an activating group) is 1. The number of aliphatic hydroxyl groups is 2. The molecule has 26 heteroatoms. The van der Waals surface area contributed by atoms with Gasteiger partial charge in [-0.3, -0.25) is 14.4 Å². The number of oxime groups is 1. The van der Waals surface area contributed by atoms with Gasteiger partial charge in [-0.25, -0.2) is 22.3 Å². The average Bonchev–Trinajstić information content (AvgIpc) is 1.46. The first kappa shape index (κ1) is 73.7. The lowest BCUT2D eigenvalue weighted by Gasteiger charge is -2.45. The highest BCUT2D eigenvalue weighted by Gasteiger charge is 2.53. The number of benzene rings is 1. The summed E-state index contributed by atoms with van der Waals surface area (Å²) in [5, 5.41) is 29.6. The molecule has 0 saturated carbocycles. The van der Waals surface area contributed by atoms with E-state index >= 15 is 9.59 Å². The smallest absolute Gasteiger partial charge is 0.408 e. The second-order valence-electron chi connectivity index (χ2n) is 25.9. The number of hydrogen-bond donors (Lipinski definition) is 4. The molecule has 0 aromatic heterocycles. The molecule has 2 unspecified atom stereocenters. The van der Waals surface area contributed by atoms with Crippen LogP contribution in [0.15, 0.2) is 34.3 Å². The number of rotatable bonds is 20. The zero-order valence-electron chi connectivity index (χ0n) is 54.4.